The van der Waals surface area contributed by atoms with E-state index in [4.69, 9.17) is 5.11 Å². The van der Waals surface area contributed by atoms with Gasteiger partial charge in [0.05, 0.1) is 6.10 Å². The van der Waals surface area contributed by atoms with E-state index in [0.29, 0.717) is 12.3 Å². The van der Waals surface area contributed by atoms with Crippen LogP contribution in [0.3, 0.4) is 0 Å². The van der Waals surface area contributed by atoms with E-state index in [1.807, 2.05) is 6.08 Å². The Morgan fingerprint density at radius 1 is 0.960 bits per heavy atom. The van der Waals surface area contributed by atoms with Crippen molar-refractivity contribution in [2.45, 2.75) is 96.5 Å². The number of aliphatic carboxylic acids is 1. The van der Waals surface area contributed by atoms with Crippen molar-refractivity contribution in [2.75, 3.05) is 0 Å². The molecule has 0 aromatic rings. The van der Waals surface area contributed by atoms with E-state index in [-0.39, 0.29) is 24.2 Å². The molecule has 0 spiro atoms. The first-order valence-corrected chi connectivity index (χ1v) is 10.2. The lowest BCUT2D eigenvalue weighted by atomic mass is 9.88. The quantitative estimate of drug-likeness (QED) is 0.344. The Labute approximate surface area is 152 Å². The van der Waals surface area contributed by atoms with Crippen molar-refractivity contribution in [3.63, 3.8) is 0 Å². The van der Waals surface area contributed by atoms with E-state index < -0.39 is 5.97 Å². The van der Waals surface area contributed by atoms with Crippen LogP contribution in [0.25, 0.3) is 0 Å². The summed E-state index contributed by atoms with van der Waals surface area (Å²) in [5.41, 5.74) is 0. The molecule has 0 bridgehead atoms. The number of aliphatic hydroxyl groups is 1. The van der Waals surface area contributed by atoms with E-state index in [2.05, 4.69) is 6.92 Å². The number of aliphatic hydroxyl groups excluding tert-OH is 1. The molecule has 2 N–H and O–H groups in total. The van der Waals surface area contributed by atoms with Crippen LogP contribution in [0.2, 0.25) is 0 Å². The maximum absolute atomic E-state index is 11.9. The van der Waals surface area contributed by atoms with Crippen molar-refractivity contribution in [3.8, 4) is 0 Å². The average Bonchev–Trinajstić information content (AvgIpc) is 2.92. The lowest BCUT2D eigenvalue weighted by molar-refractivity contribution is -0.137. The molecule has 1 saturated carbocycles. The van der Waals surface area contributed by atoms with E-state index >= 15 is 0 Å². The molecule has 25 heavy (non-hydrogen) atoms. The van der Waals surface area contributed by atoms with Gasteiger partial charge in [-0.25, -0.2) is 0 Å². The van der Waals surface area contributed by atoms with E-state index in [1.54, 1.807) is 6.08 Å². The third-order valence-electron chi connectivity index (χ3n) is 5.32. The highest BCUT2D eigenvalue weighted by Crippen LogP contribution is 2.36. The van der Waals surface area contributed by atoms with Gasteiger partial charge in [0, 0.05) is 12.8 Å². The van der Waals surface area contributed by atoms with Gasteiger partial charge in [-0.1, -0.05) is 51.5 Å². The van der Waals surface area contributed by atoms with Crippen LogP contribution in [-0.2, 0) is 9.59 Å². The van der Waals surface area contributed by atoms with Crippen molar-refractivity contribution in [1.29, 1.82) is 0 Å². The van der Waals surface area contributed by atoms with Crippen LogP contribution in [0.15, 0.2) is 12.2 Å². The van der Waals surface area contributed by atoms with Gasteiger partial charge in [-0.2, -0.15) is 0 Å². The second-order valence-corrected chi connectivity index (χ2v) is 7.46. The fraction of sp³-hybridized carbons (Fsp3) is 0.810. The van der Waals surface area contributed by atoms with Gasteiger partial charge < -0.3 is 10.2 Å². The Bertz CT molecular complexity index is 416. The van der Waals surface area contributed by atoms with Gasteiger partial charge in [0.2, 0.25) is 0 Å². The average molecular weight is 353 g/mol. The van der Waals surface area contributed by atoms with Gasteiger partial charge in [0.1, 0.15) is 0 Å². The van der Waals surface area contributed by atoms with Gasteiger partial charge >= 0.3 is 5.97 Å². The van der Waals surface area contributed by atoms with Crippen molar-refractivity contribution in [2.24, 2.45) is 11.8 Å². The first-order valence-electron chi connectivity index (χ1n) is 10.2. The van der Waals surface area contributed by atoms with Gasteiger partial charge in [-0.05, 0) is 50.0 Å². The minimum absolute atomic E-state index is 0.215. The number of rotatable bonds is 14. The molecule has 1 fully saturated rings. The molecule has 0 amide bonds. The molecule has 0 aliphatic heterocycles. The van der Waals surface area contributed by atoms with Crippen LogP contribution in [-0.4, -0.2) is 28.1 Å². The smallest absolute Gasteiger partial charge is 0.303 e. The van der Waals surface area contributed by atoms with Crippen LogP contribution < -0.4 is 0 Å². The summed E-state index contributed by atoms with van der Waals surface area (Å²) in [6.45, 7) is 2.14. The molecule has 1 aliphatic rings. The topological polar surface area (TPSA) is 74.6 Å². The summed E-state index contributed by atoms with van der Waals surface area (Å²) in [6.07, 6.45) is 15.4. The van der Waals surface area contributed by atoms with Crippen LogP contribution in [0.1, 0.15) is 90.4 Å². The molecule has 0 radical (unpaired) electrons. The van der Waals surface area contributed by atoms with E-state index in [1.165, 1.54) is 0 Å². The van der Waals surface area contributed by atoms with Crippen LogP contribution in [0.5, 0.6) is 0 Å². The normalized spacial score (nSPS) is 23.4. The molecule has 4 nitrogen and oxygen atoms in total. The third-order valence-corrected chi connectivity index (χ3v) is 5.32. The van der Waals surface area contributed by atoms with Crippen LogP contribution >= 0.6 is 0 Å². The van der Waals surface area contributed by atoms with Gasteiger partial charge in [-0.15, -0.1) is 0 Å². The fourth-order valence-corrected chi connectivity index (χ4v) is 3.77. The van der Waals surface area contributed by atoms with E-state index in [0.717, 1.165) is 70.6 Å². The number of carbonyl (C=O) groups is 2. The lowest BCUT2D eigenvalue weighted by Gasteiger charge is -2.19. The molecule has 0 saturated heterocycles. The Morgan fingerprint density at radius 3 is 2.36 bits per heavy atom. The number of hydrogen-bond acceptors (Lipinski definition) is 3. The molecular formula is C21H36O4. The fourth-order valence-electron chi connectivity index (χ4n) is 3.77. The number of carboxylic acid groups (broad SMARTS) is 1. The Balaban J connectivity index is 2.24. The summed E-state index contributed by atoms with van der Waals surface area (Å²) in [6, 6.07) is 0. The molecule has 0 aromatic carbocycles. The standard InChI is InChI=1S/C21H36O4/c1-2-3-7-10-18(22)15-13-17-14-16-20(23)19(17)11-8-5-4-6-9-12-21(24)25/h13,15,17,19-20,23H,2-12,14,16H2,1H3,(H,24,25). The molecule has 3 unspecified atom stereocenters. The predicted molar refractivity (Wildman–Crippen MR) is 100 cm³/mol. The zero-order valence-electron chi connectivity index (χ0n) is 15.8. The number of allylic oxidation sites excluding steroid dienone is 2. The SMILES string of the molecule is CCCCCC(=O)C=CC1CCC(O)C1CCCCCCCC(=O)O. The third kappa shape index (κ3) is 9.78. The summed E-state index contributed by atoms with van der Waals surface area (Å²) in [7, 11) is 0. The maximum Gasteiger partial charge on any atom is 0.303 e. The zero-order chi connectivity index (χ0) is 18.5. The monoisotopic (exact) mass is 352 g/mol. The number of unbranched alkanes of at least 4 members (excludes halogenated alkanes) is 6. The number of hydrogen-bond donors (Lipinski definition) is 2. The molecule has 3 atom stereocenters. The highest BCUT2D eigenvalue weighted by Gasteiger charge is 2.32. The molecule has 144 valence electrons. The zero-order valence-corrected chi connectivity index (χ0v) is 15.8. The Morgan fingerprint density at radius 2 is 1.64 bits per heavy atom. The number of ketones is 1. The molecule has 1 rings (SSSR count). The molecule has 0 heterocycles. The molecular weight excluding hydrogens is 316 g/mol. The van der Waals surface area contributed by atoms with Gasteiger partial charge in [0.15, 0.2) is 5.78 Å². The van der Waals surface area contributed by atoms with E-state index in [9.17, 15) is 14.7 Å². The van der Waals surface area contributed by atoms with Crippen molar-refractivity contribution in [1.82, 2.24) is 0 Å². The maximum atomic E-state index is 11.9. The Hall–Kier alpha value is -1.16. The first kappa shape index (κ1) is 21.9. The minimum atomic E-state index is -0.715. The van der Waals surface area contributed by atoms with Gasteiger partial charge in [-0.3, -0.25) is 9.59 Å². The van der Waals surface area contributed by atoms with Crippen LogP contribution in [0, 0.1) is 11.8 Å². The predicted octanol–water partition coefficient (Wildman–Crippen LogP) is 4.89. The molecule has 0 aromatic heterocycles. The van der Waals surface area contributed by atoms with Gasteiger partial charge in [0.25, 0.3) is 0 Å². The van der Waals surface area contributed by atoms with Crippen LogP contribution in [0.4, 0.5) is 0 Å². The molecule has 4 heteroatoms. The molecule has 1 aliphatic carbocycles. The summed E-state index contributed by atoms with van der Waals surface area (Å²) >= 11 is 0. The highest BCUT2D eigenvalue weighted by molar-refractivity contribution is 5.89. The first-order chi connectivity index (χ1) is 12.0. The highest BCUT2D eigenvalue weighted by atomic mass is 16.4. The second kappa shape index (κ2) is 13.1. The lowest BCUT2D eigenvalue weighted by Crippen LogP contribution is -2.18. The van der Waals surface area contributed by atoms with Crippen molar-refractivity contribution >= 4 is 11.8 Å². The summed E-state index contributed by atoms with van der Waals surface area (Å²) < 4.78 is 0. The van der Waals surface area contributed by atoms with Crippen molar-refractivity contribution in [3.05, 3.63) is 12.2 Å². The minimum Gasteiger partial charge on any atom is -0.481 e. The number of carbonyl (C=O) groups excluding carboxylic acids is 1. The number of carboxylic acids is 1. The largest absolute Gasteiger partial charge is 0.481 e. The second-order valence-electron chi connectivity index (χ2n) is 7.46. The summed E-state index contributed by atoms with van der Waals surface area (Å²) in [4.78, 5) is 22.3. The Kier molecular flexibility index (Phi) is 11.5. The van der Waals surface area contributed by atoms with Crippen molar-refractivity contribution < 1.29 is 19.8 Å². The summed E-state index contributed by atoms with van der Waals surface area (Å²) in [5, 5.41) is 18.8. The summed E-state index contributed by atoms with van der Waals surface area (Å²) in [5.74, 6) is 0.107.